The van der Waals surface area contributed by atoms with E-state index in [-0.39, 0.29) is 11.3 Å². The lowest BCUT2D eigenvalue weighted by Crippen LogP contribution is -2.28. The van der Waals surface area contributed by atoms with Crippen LogP contribution in [0.4, 0.5) is 0 Å². The fourth-order valence-electron chi connectivity index (χ4n) is 3.75. The number of Topliss-reactive ketones (excluding diaryl/α,β-unsaturated/α-hetero) is 1. The van der Waals surface area contributed by atoms with Crippen molar-refractivity contribution < 1.29 is 20.1 Å². The van der Waals surface area contributed by atoms with E-state index in [9.17, 15) is 20.1 Å². The molecule has 0 bridgehead atoms. The molecule has 4 aromatic rings. The Hall–Kier alpha value is -3.75. The summed E-state index contributed by atoms with van der Waals surface area (Å²) in [5.41, 5.74) is -0.232. The zero-order valence-corrected chi connectivity index (χ0v) is 17.5. The van der Waals surface area contributed by atoms with Gasteiger partial charge in [0.1, 0.15) is 22.8 Å². The fourth-order valence-corrected chi connectivity index (χ4v) is 7.50. The number of rotatable bonds is 5. The Morgan fingerprint density at radius 1 is 0.613 bits per heavy atom. The summed E-state index contributed by atoms with van der Waals surface area (Å²) in [6.07, 6.45) is 0. The number of phenolic OH excluding ortho intramolecular Hbond substituents is 3. The molecule has 5 heteroatoms. The van der Waals surface area contributed by atoms with Crippen LogP contribution >= 0.6 is 6.89 Å². The first-order valence-corrected chi connectivity index (χ1v) is 11.6. The van der Waals surface area contributed by atoms with Crippen LogP contribution in [0.15, 0.2) is 103 Å². The van der Waals surface area contributed by atoms with Gasteiger partial charge in [-0.3, -0.25) is 4.79 Å². The molecule has 0 atom stereocenters. The van der Waals surface area contributed by atoms with Gasteiger partial charge in [0.25, 0.3) is 0 Å². The summed E-state index contributed by atoms with van der Waals surface area (Å²) in [6, 6.07) is 31.4. The van der Waals surface area contributed by atoms with Crippen molar-refractivity contribution in [2.45, 2.75) is 0 Å². The van der Waals surface area contributed by atoms with Crippen LogP contribution in [0.25, 0.3) is 0 Å². The summed E-state index contributed by atoms with van der Waals surface area (Å²) >= 11 is 0. The molecule has 0 aliphatic heterocycles. The maximum absolute atomic E-state index is 13.5. The molecule has 0 saturated carbocycles. The third-order valence-corrected chi connectivity index (χ3v) is 9.09. The van der Waals surface area contributed by atoms with Crippen LogP contribution in [0.3, 0.4) is 0 Å². The lowest BCUT2D eigenvalue weighted by atomic mass is 10.1. The first-order valence-electron chi connectivity index (χ1n) is 9.73. The molecule has 4 rings (SSSR count). The van der Waals surface area contributed by atoms with Gasteiger partial charge in [-0.2, -0.15) is 0 Å². The summed E-state index contributed by atoms with van der Waals surface area (Å²) in [7, 11) is 0. The molecule has 4 nitrogen and oxygen atoms in total. The average Bonchev–Trinajstić information content (AvgIpc) is 2.78. The van der Waals surface area contributed by atoms with E-state index in [0.29, 0.717) is 0 Å². The number of hydrogen-bond acceptors (Lipinski definition) is 4. The highest BCUT2D eigenvalue weighted by Crippen LogP contribution is 2.44. The highest BCUT2D eigenvalue weighted by Gasteiger charge is 2.28. The molecular formula is C26H21O4P. The van der Waals surface area contributed by atoms with Crippen LogP contribution in [0.1, 0.15) is 10.4 Å². The largest absolute Gasteiger partial charge is 0.508 e. The van der Waals surface area contributed by atoms with Crippen molar-refractivity contribution in [3.8, 4) is 17.2 Å². The summed E-state index contributed by atoms with van der Waals surface area (Å²) in [5.74, 6) is -0.141. The molecule has 0 spiro atoms. The van der Waals surface area contributed by atoms with Crippen molar-refractivity contribution in [1.82, 2.24) is 0 Å². The SMILES string of the molecule is O=C(C=P(c1ccccc1)(c1ccccc1)c1ccccc1)c1c(O)cc(O)cc1O. The van der Waals surface area contributed by atoms with Gasteiger partial charge in [-0.15, -0.1) is 0 Å². The van der Waals surface area contributed by atoms with E-state index in [1.165, 1.54) is 0 Å². The topological polar surface area (TPSA) is 77.8 Å². The van der Waals surface area contributed by atoms with Crippen LogP contribution in [0, 0.1) is 0 Å². The maximum Gasteiger partial charge on any atom is 0.194 e. The third-order valence-electron chi connectivity index (χ3n) is 5.13. The molecule has 0 amide bonds. The molecule has 0 radical (unpaired) electrons. The molecule has 0 unspecified atom stereocenters. The summed E-state index contributed by atoms with van der Waals surface area (Å²) in [4.78, 5) is 13.5. The van der Waals surface area contributed by atoms with E-state index in [2.05, 4.69) is 0 Å². The average molecular weight is 428 g/mol. The highest BCUT2D eigenvalue weighted by molar-refractivity contribution is 7.95. The second kappa shape index (κ2) is 8.55. The quantitative estimate of drug-likeness (QED) is 0.334. The van der Waals surface area contributed by atoms with Gasteiger partial charge in [0.05, 0.1) is 0 Å². The van der Waals surface area contributed by atoms with Crippen molar-refractivity contribution in [3.63, 3.8) is 0 Å². The Morgan fingerprint density at radius 2 is 0.968 bits per heavy atom. The van der Waals surface area contributed by atoms with E-state index < -0.39 is 24.2 Å². The molecule has 31 heavy (non-hydrogen) atoms. The third kappa shape index (κ3) is 3.86. The molecule has 3 N–H and O–H groups in total. The summed E-state index contributed by atoms with van der Waals surface area (Å²) in [6.45, 7) is -2.59. The van der Waals surface area contributed by atoms with Gasteiger partial charge < -0.3 is 15.3 Å². The van der Waals surface area contributed by atoms with Crippen molar-refractivity contribution in [2.24, 2.45) is 0 Å². The number of aromatic hydroxyl groups is 3. The van der Waals surface area contributed by atoms with E-state index in [0.717, 1.165) is 28.0 Å². The molecular weight excluding hydrogens is 407 g/mol. The number of benzene rings is 4. The summed E-state index contributed by atoms with van der Waals surface area (Å²) < 4.78 is 0. The van der Waals surface area contributed by atoms with Crippen molar-refractivity contribution in [1.29, 1.82) is 0 Å². The Labute approximate surface area is 180 Å². The van der Waals surface area contributed by atoms with Crippen molar-refractivity contribution >= 4 is 34.4 Å². The lowest BCUT2D eigenvalue weighted by molar-refractivity contribution is 0.106. The molecule has 0 aliphatic carbocycles. The van der Waals surface area contributed by atoms with E-state index >= 15 is 0 Å². The van der Waals surface area contributed by atoms with Crippen LogP contribution in [-0.2, 0) is 0 Å². The van der Waals surface area contributed by atoms with Crippen LogP contribution in [0.2, 0.25) is 0 Å². The Morgan fingerprint density at radius 3 is 1.32 bits per heavy atom. The maximum atomic E-state index is 13.5. The van der Waals surface area contributed by atoms with Gasteiger partial charge in [0.2, 0.25) is 0 Å². The van der Waals surface area contributed by atoms with Gasteiger partial charge >= 0.3 is 0 Å². The zero-order chi connectivity index (χ0) is 21.8. The van der Waals surface area contributed by atoms with Gasteiger partial charge in [-0.1, -0.05) is 91.0 Å². The van der Waals surface area contributed by atoms with E-state index in [4.69, 9.17) is 0 Å². The van der Waals surface area contributed by atoms with Gasteiger partial charge in [-0.25, -0.2) is 0 Å². The van der Waals surface area contributed by atoms with Crippen LogP contribution < -0.4 is 15.9 Å². The highest BCUT2D eigenvalue weighted by atomic mass is 31.2. The summed E-state index contributed by atoms with van der Waals surface area (Å²) in [5, 5.41) is 33.1. The first-order chi connectivity index (χ1) is 15.0. The van der Waals surface area contributed by atoms with Crippen LogP contribution in [0.5, 0.6) is 17.2 Å². The number of hydrogen-bond donors (Lipinski definition) is 3. The molecule has 154 valence electrons. The van der Waals surface area contributed by atoms with E-state index in [1.54, 1.807) is 5.80 Å². The fraction of sp³-hybridized carbons (Fsp3) is 0. The smallest absolute Gasteiger partial charge is 0.194 e. The molecule has 0 aromatic heterocycles. The van der Waals surface area contributed by atoms with Crippen molar-refractivity contribution in [3.05, 3.63) is 109 Å². The number of phenols is 3. The monoisotopic (exact) mass is 428 g/mol. The second-order valence-corrected chi connectivity index (χ2v) is 10.3. The van der Waals surface area contributed by atoms with Gasteiger partial charge in [0, 0.05) is 12.1 Å². The van der Waals surface area contributed by atoms with Gasteiger partial charge in [-0.05, 0) is 28.6 Å². The predicted octanol–water partition coefficient (Wildman–Crippen LogP) is 3.78. The van der Waals surface area contributed by atoms with Crippen LogP contribution in [-0.4, -0.2) is 26.9 Å². The minimum absolute atomic E-state index is 0.232. The molecule has 0 aliphatic rings. The van der Waals surface area contributed by atoms with E-state index in [1.807, 2.05) is 91.0 Å². The number of ketones is 1. The molecule has 4 aromatic carbocycles. The standard InChI is InChI=1S/C26H21O4P/c27-19-16-23(28)26(24(29)17-19)25(30)18-31(20-10-4-1-5-11-20,21-12-6-2-7-13-21)22-14-8-3-9-15-22/h1-18,27-29H. The Bertz CT molecular complexity index is 1140. The molecule has 0 heterocycles. The van der Waals surface area contributed by atoms with Gasteiger partial charge in [0.15, 0.2) is 5.78 Å². The van der Waals surface area contributed by atoms with Crippen molar-refractivity contribution in [2.75, 3.05) is 0 Å². The predicted molar refractivity (Wildman–Crippen MR) is 127 cm³/mol. The molecule has 0 saturated heterocycles. The number of carbonyl (C=O) groups excluding carboxylic acids is 1. The minimum Gasteiger partial charge on any atom is -0.508 e. The minimum atomic E-state index is -2.59. The number of carbonyl (C=O) groups is 1. The Balaban J connectivity index is 2.09. The zero-order valence-electron chi connectivity index (χ0n) is 16.6. The first kappa shape index (κ1) is 20.5. The Kier molecular flexibility index (Phi) is 5.66. The molecule has 0 fully saturated rings. The normalized spacial score (nSPS) is 11.1. The lowest BCUT2D eigenvalue weighted by Gasteiger charge is -2.28. The second-order valence-electron chi connectivity index (χ2n) is 7.08.